The minimum absolute atomic E-state index is 0.0148. The van der Waals surface area contributed by atoms with E-state index < -0.39 is 31.4 Å². The van der Waals surface area contributed by atoms with Crippen LogP contribution in [-0.2, 0) is 21.2 Å². The number of amides is 1. The molecule has 1 amide bonds. The van der Waals surface area contributed by atoms with Gasteiger partial charge in [0.1, 0.15) is 22.8 Å². The van der Waals surface area contributed by atoms with Gasteiger partial charge >= 0.3 is 0 Å². The predicted octanol–water partition coefficient (Wildman–Crippen LogP) is 6.81. The number of carbonyl (C=O) groups excluding carboxylic acids is 1. The molecule has 5 heterocycles. The summed E-state index contributed by atoms with van der Waals surface area (Å²) in [4.78, 5) is 37.3. The molecule has 3 aromatic carbocycles. The van der Waals surface area contributed by atoms with Crippen LogP contribution in [0.15, 0.2) is 90.1 Å². The highest BCUT2D eigenvalue weighted by Crippen LogP contribution is 2.47. The highest BCUT2D eigenvalue weighted by molar-refractivity contribution is 7.90. The Bertz CT molecular complexity index is 2440. The number of hydrogen-bond donors (Lipinski definition) is 3. The number of fused-ring (bicyclic) bond motifs is 2. The van der Waals surface area contributed by atoms with E-state index in [0.717, 1.165) is 69.0 Å². The summed E-state index contributed by atoms with van der Waals surface area (Å²) in [7, 11) is -4.53. The average Bonchev–Trinajstić information content (AvgIpc) is 3.87. The monoisotopic (exact) mass is 791 g/mol. The predicted molar refractivity (Wildman–Crippen MR) is 215 cm³/mol. The number of aromatic nitrogens is 2. The molecule has 9 rings (SSSR count). The van der Waals surface area contributed by atoms with Gasteiger partial charge in [-0.2, -0.15) is 0 Å². The van der Waals surface area contributed by atoms with Crippen molar-refractivity contribution in [2.45, 2.75) is 49.5 Å². The van der Waals surface area contributed by atoms with E-state index in [1.165, 1.54) is 42.3 Å². The summed E-state index contributed by atoms with van der Waals surface area (Å²) in [6.07, 6.45) is 9.59. The number of hydrogen-bond acceptors (Lipinski definition) is 11. The first-order valence-corrected chi connectivity index (χ1v) is 21.1. The number of sulfonamides is 1. The van der Waals surface area contributed by atoms with Gasteiger partial charge in [-0.1, -0.05) is 24.3 Å². The normalized spacial score (nSPS) is 19.6. The Balaban J connectivity index is 0.936. The van der Waals surface area contributed by atoms with Crippen LogP contribution < -0.4 is 19.7 Å². The smallest absolute Gasteiger partial charge is 0.293 e. The molecule has 0 bridgehead atoms. The van der Waals surface area contributed by atoms with Crippen LogP contribution in [0.2, 0.25) is 0 Å². The van der Waals surface area contributed by atoms with Crippen molar-refractivity contribution in [1.29, 1.82) is 0 Å². The minimum Gasteiger partial charge on any atom is -0.455 e. The maximum Gasteiger partial charge on any atom is 0.293 e. The van der Waals surface area contributed by atoms with Gasteiger partial charge in [0, 0.05) is 80.3 Å². The molecule has 3 saturated heterocycles. The Morgan fingerprint density at radius 3 is 2.72 bits per heavy atom. The molecular weight excluding hydrogens is 747 g/mol. The summed E-state index contributed by atoms with van der Waals surface area (Å²) in [6, 6.07) is 21.7. The molecular formula is C42H45N7O7S. The fourth-order valence-electron chi connectivity index (χ4n) is 9.05. The Morgan fingerprint density at radius 2 is 1.88 bits per heavy atom. The molecule has 3 fully saturated rings. The molecule has 14 nitrogen and oxygen atoms in total. The maximum atomic E-state index is 13.9. The molecule has 1 unspecified atom stereocenters. The van der Waals surface area contributed by atoms with E-state index in [1.54, 1.807) is 24.4 Å². The van der Waals surface area contributed by atoms with Crippen molar-refractivity contribution in [3.8, 4) is 11.5 Å². The lowest BCUT2D eigenvalue weighted by Gasteiger charge is -2.50. The number of likely N-dealkylation sites (tertiary alicyclic amines) is 1. The molecule has 1 aliphatic carbocycles. The number of anilines is 2. The lowest BCUT2D eigenvalue weighted by Crippen LogP contribution is -2.57. The number of nitro benzene ring substituents is 1. The molecule has 5 aromatic rings. The maximum absolute atomic E-state index is 13.9. The molecule has 2 aromatic heterocycles. The highest BCUT2D eigenvalue weighted by Gasteiger charge is 2.49. The topological polar surface area (TPSA) is 172 Å². The zero-order valence-corrected chi connectivity index (χ0v) is 32.3. The molecule has 1 atom stereocenters. The molecule has 57 heavy (non-hydrogen) atoms. The van der Waals surface area contributed by atoms with Crippen molar-refractivity contribution >= 4 is 44.0 Å². The second kappa shape index (κ2) is 15.1. The van der Waals surface area contributed by atoms with E-state index in [0.29, 0.717) is 37.2 Å². The van der Waals surface area contributed by atoms with Crippen molar-refractivity contribution in [3.63, 3.8) is 0 Å². The van der Waals surface area contributed by atoms with Crippen molar-refractivity contribution in [1.82, 2.24) is 19.6 Å². The van der Waals surface area contributed by atoms with Crippen LogP contribution in [0.1, 0.15) is 59.6 Å². The molecule has 4 aliphatic rings. The number of carbonyl (C=O) groups is 1. The SMILES string of the molecule is O=C(NS(=O)(=O)c1ccc(NCC2CCOCC2)c([N+](=O)[O-])c1)c1ccc(N2CC3(CCN(C4CCCc5ccccc54)C3)C2)cc1Oc1cnc2[nH]ccc2c1. The first kappa shape index (κ1) is 37.1. The number of ether oxygens (including phenoxy) is 2. The van der Waals surface area contributed by atoms with Gasteiger partial charge < -0.3 is 24.7 Å². The highest BCUT2D eigenvalue weighted by atomic mass is 32.2. The van der Waals surface area contributed by atoms with Crippen LogP contribution in [0.5, 0.6) is 11.5 Å². The number of nitro groups is 1. The number of pyridine rings is 1. The van der Waals surface area contributed by atoms with Crippen molar-refractivity contribution < 1.29 is 27.6 Å². The van der Waals surface area contributed by atoms with Gasteiger partial charge in [-0.15, -0.1) is 0 Å². The van der Waals surface area contributed by atoms with E-state index in [9.17, 15) is 23.3 Å². The number of aromatic amines is 1. The van der Waals surface area contributed by atoms with Crippen LogP contribution in [0, 0.1) is 21.4 Å². The van der Waals surface area contributed by atoms with Gasteiger partial charge in [0.15, 0.2) is 0 Å². The second-order valence-corrected chi connectivity index (χ2v) is 17.5. The summed E-state index contributed by atoms with van der Waals surface area (Å²) in [6.45, 7) is 5.55. The Labute approximate surface area is 330 Å². The zero-order valence-electron chi connectivity index (χ0n) is 31.5. The molecule has 296 valence electrons. The molecule has 1 spiro atoms. The summed E-state index contributed by atoms with van der Waals surface area (Å²) in [5, 5.41) is 16.0. The lowest BCUT2D eigenvalue weighted by atomic mass is 9.78. The van der Waals surface area contributed by atoms with Crippen molar-refractivity contribution in [3.05, 3.63) is 112 Å². The molecule has 3 aliphatic heterocycles. The van der Waals surface area contributed by atoms with Gasteiger partial charge in [0.25, 0.3) is 21.6 Å². The fraction of sp³-hybridized carbons (Fsp3) is 0.381. The van der Waals surface area contributed by atoms with Gasteiger partial charge in [-0.3, -0.25) is 19.8 Å². The minimum atomic E-state index is -4.53. The van der Waals surface area contributed by atoms with Gasteiger partial charge in [0.05, 0.1) is 21.6 Å². The Kier molecular flexibility index (Phi) is 9.83. The summed E-state index contributed by atoms with van der Waals surface area (Å²) in [5.74, 6) is -0.126. The Morgan fingerprint density at radius 1 is 1.04 bits per heavy atom. The molecule has 0 radical (unpaired) electrons. The Hall–Kier alpha value is -5.51. The summed E-state index contributed by atoms with van der Waals surface area (Å²) >= 11 is 0. The van der Waals surface area contributed by atoms with E-state index in [-0.39, 0.29) is 28.3 Å². The average molecular weight is 792 g/mol. The second-order valence-electron chi connectivity index (χ2n) is 15.9. The third-order valence-corrected chi connectivity index (χ3v) is 13.4. The van der Waals surface area contributed by atoms with Gasteiger partial charge in [0.2, 0.25) is 0 Å². The third kappa shape index (κ3) is 7.54. The fourth-order valence-corrected chi connectivity index (χ4v) is 10.0. The number of aryl methyl sites for hydroxylation is 1. The third-order valence-electron chi connectivity index (χ3n) is 12.1. The van der Waals surface area contributed by atoms with E-state index >= 15 is 0 Å². The standard InChI is InChI=1S/C42H45N7O7S/c50-41(46-57(53,54)33-9-11-36(38(22-33)49(51)52)44-23-28-13-18-55-19-14-28)35-10-8-31(21-39(35)56-32-20-30-12-16-43-40(30)45-24-32)48-26-42(27-48)15-17-47(25-42)37-7-3-5-29-4-1-2-6-34(29)37/h1-2,4,6,8-12,16,20-22,24,28,37,44H,3,5,7,13-15,17-19,23,25-27H2,(H,43,45)(H,46,50). The van der Waals surface area contributed by atoms with Gasteiger partial charge in [-0.05, 0) is 98.5 Å². The van der Waals surface area contributed by atoms with E-state index in [4.69, 9.17) is 9.47 Å². The zero-order chi connectivity index (χ0) is 39.1. The van der Waals surface area contributed by atoms with E-state index in [2.05, 4.69) is 54.1 Å². The molecule has 0 saturated carbocycles. The number of H-pyrrole nitrogens is 1. The number of rotatable bonds is 11. The number of nitrogens with one attached hydrogen (secondary N) is 3. The lowest BCUT2D eigenvalue weighted by molar-refractivity contribution is -0.384. The summed E-state index contributed by atoms with van der Waals surface area (Å²) in [5.41, 5.74) is 4.41. The summed E-state index contributed by atoms with van der Waals surface area (Å²) < 4.78 is 41.1. The van der Waals surface area contributed by atoms with Crippen LogP contribution in [0.4, 0.5) is 17.1 Å². The van der Waals surface area contributed by atoms with Crippen molar-refractivity contribution in [2.75, 3.05) is 56.2 Å². The largest absolute Gasteiger partial charge is 0.455 e. The quantitative estimate of drug-likeness (QED) is 0.0948. The molecule has 3 N–H and O–H groups in total. The number of nitrogens with zero attached hydrogens (tertiary/aromatic N) is 4. The van der Waals surface area contributed by atoms with Crippen LogP contribution in [0.25, 0.3) is 11.0 Å². The first-order chi connectivity index (χ1) is 27.6. The molecule has 15 heteroatoms. The van der Waals surface area contributed by atoms with Crippen LogP contribution in [-0.4, -0.2) is 80.1 Å². The number of benzene rings is 3. The first-order valence-electron chi connectivity index (χ1n) is 19.6. The van der Waals surface area contributed by atoms with Crippen LogP contribution >= 0.6 is 0 Å². The van der Waals surface area contributed by atoms with E-state index in [1.807, 2.05) is 12.1 Å². The van der Waals surface area contributed by atoms with Crippen LogP contribution in [0.3, 0.4) is 0 Å². The van der Waals surface area contributed by atoms with Gasteiger partial charge in [-0.25, -0.2) is 18.1 Å². The van der Waals surface area contributed by atoms with Crippen molar-refractivity contribution in [2.24, 2.45) is 11.3 Å².